The van der Waals surface area contributed by atoms with Gasteiger partial charge >= 0.3 is 6.09 Å². The Morgan fingerprint density at radius 2 is 1.97 bits per heavy atom. The predicted molar refractivity (Wildman–Crippen MR) is 109 cm³/mol. The number of ether oxygens (including phenoxy) is 1. The molecule has 3 heterocycles. The van der Waals surface area contributed by atoms with Crippen molar-refractivity contribution in [3.63, 3.8) is 0 Å². The van der Waals surface area contributed by atoms with Gasteiger partial charge in [0.15, 0.2) is 5.65 Å². The summed E-state index contributed by atoms with van der Waals surface area (Å²) in [7, 11) is 0. The molecule has 2 fully saturated rings. The number of amides is 1. The lowest BCUT2D eigenvalue weighted by Crippen LogP contribution is -2.57. The number of hydrogen-bond acceptors (Lipinski definition) is 4. The van der Waals surface area contributed by atoms with Gasteiger partial charge in [-0.1, -0.05) is 35.3 Å². The van der Waals surface area contributed by atoms with Gasteiger partial charge in [0.2, 0.25) is 0 Å². The summed E-state index contributed by atoms with van der Waals surface area (Å²) in [5, 5.41) is 11.2. The molecule has 1 aliphatic heterocycles. The first-order valence-electron chi connectivity index (χ1n) is 9.39. The van der Waals surface area contributed by atoms with E-state index in [4.69, 9.17) is 27.9 Å². The summed E-state index contributed by atoms with van der Waals surface area (Å²) in [6.45, 7) is 0.778. The van der Waals surface area contributed by atoms with Gasteiger partial charge in [0.25, 0.3) is 0 Å². The Morgan fingerprint density at radius 1 is 1.21 bits per heavy atom. The topological polar surface area (TPSA) is 80.5 Å². The molecule has 2 aliphatic rings. The van der Waals surface area contributed by atoms with Crippen molar-refractivity contribution in [1.82, 2.24) is 19.4 Å². The molecule has 1 aromatic carbocycles. The Balaban J connectivity index is 1.47. The van der Waals surface area contributed by atoms with Crippen molar-refractivity contribution in [2.45, 2.75) is 30.9 Å². The van der Waals surface area contributed by atoms with Crippen molar-refractivity contribution in [3.8, 4) is 5.69 Å². The maximum atomic E-state index is 11.9. The third-order valence-electron chi connectivity index (χ3n) is 5.93. The highest BCUT2D eigenvalue weighted by Crippen LogP contribution is 2.42. The molecule has 7 nitrogen and oxygen atoms in total. The molecule has 1 atom stereocenters. The van der Waals surface area contributed by atoms with Crippen LogP contribution in [0.3, 0.4) is 0 Å². The van der Waals surface area contributed by atoms with E-state index in [-0.39, 0.29) is 11.6 Å². The van der Waals surface area contributed by atoms with Gasteiger partial charge in [-0.15, -0.1) is 0 Å². The number of nitrogens with zero attached hydrogens (tertiary/aromatic N) is 4. The number of hydrogen-bond donors (Lipinski definition) is 1. The van der Waals surface area contributed by atoms with Crippen LogP contribution >= 0.6 is 23.2 Å². The molecule has 0 bridgehead atoms. The summed E-state index contributed by atoms with van der Waals surface area (Å²) in [6, 6.07) is 8.99. The van der Waals surface area contributed by atoms with Crippen LogP contribution in [-0.2, 0) is 4.74 Å². The van der Waals surface area contributed by atoms with Gasteiger partial charge in [0.05, 0.1) is 30.2 Å². The summed E-state index contributed by atoms with van der Waals surface area (Å²) >= 11 is 12.6. The maximum Gasteiger partial charge on any atom is 0.407 e. The minimum absolute atomic E-state index is 0.286. The van der Waals surface area contributed by atoms with Crippen LogP contribution in [0.25, 0.3) is 16.7 Å². The normalized spacial score (nSPS) is 20.8. The van der Waals surface area contributed by atoms with Crippen LogP contribution in [0.15, 0.2) is 36.7 Å². The van der Waals surface area contributed by atoms with Crippen LogP contribution in [0, 0.1) is 0 Å². The Morgan fingerprint density at radius 3 is 2.62 bits per heavy atom. The highest BCUT2D eigenvalue weighted by molar-refractivity contribution is 6.36. The Hall–Kier alpha value is -2.35. The number of halogens is 2. The molecule has 1 spiro atoms. The van der Waals surface area contributed by atoms with Crippen LogP contribution in [0.4, 0.5) is 4.79 Å². The fourth-order valence-electron chi connectivity index (χ4n) is 4.21. The zero-order valence-corrected chi connectivity index (χ0v) is 16.9. The first-order chi connectivity index (χ1) is 14.0. The van der Waals surface area contributed by atoms with E-state index in [1.54, 1.807) is 10.6 Å². The fraction of sp³-hybridized carbons (Fsp3) is 0.350. The average Bonchev–Trinajstić information content (AvgIpc) is 3.04. The van der Waals surface area contributed by atoms with E-state index in [0.717, 1.165) is 30.5 Å². The van der Waals surface area contributed by atoms with E-state index in [2.05, 4.69) is 9.97 Å². The van der Waals surface area contributed by atoms with Gasteiger partial charge in [-0.05, 0) is 43.0 Å². The average molecular weight is 433 g/mol. The van der Waals surface area contributed by atoms with E-state index in [1.807, 2.05) is 24.3 Å². The predicted octanol–water partition coefficient (Wildman–Crippen LogP) is 4.70. The third kappa shape index (κ3) is 3.04. The second-order valence-corrected chi connectivity index (χ2v) is 8.31. The molecular weight excluding hydrogens is 415 g/mol. The summed E-state index contributed by atoms with van der Waals surface area (Å²) in [5.41, 5.74) is 2.01. The molecule has 9 heteroatoms. The molecule has 2 aromatic heterocycles. The summed E-state index contributed by atoms with van der Waals surface area (Å²) in [5.74, 6) is 0. The number of rotatable bonds is 2. The largest absolute Gasteiger partial charge is 0.465 e. The van der Waals surface area contributed by atoms with E-state index in [9.17, 15) is 9.90 Å². The SMILES string of the molecule is O=C(O)N1CC2(CCC2)OCC1c1ccc(-n2c(Cl)cc3c(Cl)ncnc32)cc1. The molecule has 1 saturated carbocycles. The van der Waals surface area contributed by atoms with E-state index >= 15 is 0 Å². The molecular formula is C20H18Cl2N4O3. The van der Waals surface area contributed by atoms with Crippen LogP contribution in [-0.4, -0.2) is 49.4 Å². The molecule has 1 aliphatic carbocycles. The van der Waals surface area contributed by atoms with Crippen molar-refractivity contribution < 1.29 is 14.6 Å². The third-order valence-corrected chi connectivity index (χ3v) is 6.51. The zero-order chi connectivity index (χ0) is 20.2. The smallest absolute Gasteiger partial charge is 0.407 e. The molecule has 0 radical (unpaired) electrons. The molecule has 1 unspecified atom stereocenters. The summed E-state index contributed by atoms with van der Waals surface area (Å²) in [4.78, 5) is 21.6. The van der Waals surface area contributed by atoms with Crippen molar-refractivity contribution in [1.29, 1.82) is 0 Å². The lowest BCUT2D eigenvalue weighted by molar-refractivity contribution is -0.164. The second-order valence-electron chi connectivity index (χ2n) is 7.57. The maximum absolute atomic E-state index is 11.9. The fourth-order valence-corrected chi connectivity index (χ4v) is 4.68. The molecule has 3 aromatic rings. The van der Waals surface area contributed by atoms with Crippen molar-refractivity contribution in [2.24, 2.45) is 0 Å². The highest BCUT2D eigenvalue weighted by atomic mass is 35.5. The number of morpholine rings is 1. The lowest BCUT2D eigenvalue weighted by Gasteiger charge is -2.50. The van der Waals surface area contributed by atoms with Gasteiger partial charge in [-0.2, -0.15) is 0 Å². The van der Waals surface area contributed by atoms with Gasteiger partial charge in [-0.25, -0.2) is 14.8 Å². The van der Waals surface area contributed by atoms with Gasteiger partial charge in [0, 0.05) is 5.69 Å². The highest BCUT2D eigenvalue weighted by Gasteiger charge is 2.46. The number of aromatic nitrogens is 3. The van der Waals surface area contributed by atoms with E-state index < -0.39 is 6.09 Å². The molecule has 1 saturated heterocycles. The lowest BCUT2D eigenvalue weighted by atomic mass is 9.78. The molecule has 29 heavy (non-hydrogen) atoms. The quantitative estimate of drug-likeness (QED) is 0.593. The van der Waals surface area contributed by atoms with Crippen LogP contribution < -0.4 is 0 Å². The minimum Gasteiger partial charge on any atom is -0.465 e. The van der Waals surface area contributed by atoms with Crippen molar-refractivity contribution in [3.05, 3.63) is 52.5 Å². The summed E-state index contributed by atoms with van der Waals surface area (Å²) < 4.78 is 7.86. The number of benzene rings is 1. The van der Waals surface area contributed by atoms with E-state index in [0.29, 0.717) is 34.5 Å². The van der Waals surface area contributed by atoms with Gasteiger partial charge in [-0.3, -0.25) is 9.47 Å². The standard InChI is InChI=1S/C20H18Cl2N4O3/c21-16-8-14-17(22)23-11-24-18(14)26(16)13-4-2-12(3-5-13)15-9-29-20(6-1-7-20)10-25(15)19(27)28/h2-5,8,11,15H,1,6-7,9-10H2,(H,27,28). The van der Waals surface area contributed by atoms with E-state index in [1.165, 1.54) is 11.2 Å². The number of carbonyl (C=O) groups is 1. The Bertz CT molecular complexity index is 1100. The van der Waals surface area contributed by atoms with Crippen LogP contribution in [0.5, 0.6) is 0 Å². The van der Waals surface area contributed by atoms with Crippen molar-refractivity contribution >= 4 is 40.3 Å². The Labute approximate surface area is 176 Å². The Kier molecular flexibility index (Phi) is 4.42. The molecule has 5 rings (SSSR count). The molecule has 1 N–H and O–H groups in total. The number of carboxylic acid groups (broad SMARTS) is 1. The molecule has 150 valence electrons. The van der Waals surface area contributed by atoms with Gasteiger partial charge < -0.3 is 9.84 Å². The first kappa shape index (κ1) is 18.7. The van der Waals surface area contributed by atoms with Crippen molar-refractivity contribution in [2.75, 3.05) is 13.2 Å². The minimum atomic E-state index is -0.917. The zero-order valence-electron chi connectivity index (χ0n) is 15.4. The molecule has 1 amide bonds. The second kappa shape index (κ2) is 6.86. The first-order valence-corrected chi connectivity index (χ1v) is 10.1. The van der Waals surface area contributed by atoms with Crippen LogP contribution in [0.1, 0.15) is 30.9 Å². The monoisotopic (exact) mass is 432 g/mol. The van der Waals surface area contributed by atoms with Gasteiger partial charge in [0.1, 0.15) is 16.6 Å². The van der Waals surface area contributed by atoms with Crippen LogP contribution in [0.2, 0.25) is 10.3 Å². The number of fused-ring (bicyclic) bond motifs is 1. The summed E-state index contributed by atoms with van der Waals surface area (Å²) in [6.07, 6.45) is 3.41.